The summed E-state index contributed by atoms with van der Waals surface area (Å²) >= 11 is 0. The number of anilines is 1. The number of hydrogen-bond donors (Lipinski definition) is 2. The zero-order valence-corrected chi connectivity index (χ0v) is 31.5. The summed E-state index contributed by atoms with van der Waals surface area (Å²) in [5, 5.41) is 17.7. The summed E-state index contributed by atoms with van der Waals surface area (Å²) in [6.07, 6.45) is -3.34. The van der Waals surface area contributed by atoms with Crippen molar-refractivity contribution in [2.45, 2.75) is 104 Å². The molecule has 3 aromatic rings. The molecule has 3 N–H and O–H groups in total. The molecular formula is C35H47N6O10P. The Morgan fingerprint density at radius 2 is 1.73 bits per heavy atom. The summed E-state index contributed by atoms with van der Waals surface area (Å²) in [7, 11) is -4.49. The van der Waals surface area contributed by atoms with Gasteiger partial charge in [-0.25, -0.2) is 14.1 Å². The molecule has 282 valence electrons. The molecule has 1 fully saturated rings. The van der Waals surface area contributed by atoms with Gasteiger partial charge in [0, 0.05) is 12.8 Å². The van der Waals surface area contributed by atoms with Crippen LogP contribution in [-0.2, 0) is 53.4 Å². The van der Waals surface area contributed by atoms with E-state index in [0.29, 0.717) is 5.52 Å². The number of nitrogens with zero attached hydrogens (tertiary/aromatic N) is 4. The number of benzene rings is 1. The lowest BCUT2D eigenvalue weighted by atomic mass is 9.87. The van der Waals surface area contributed by atoms with Gasteiger partial charge in [0.05, 0.1) is 18.9 Å². The Bertz CT molecular complexity index is 1840. The summed E-state index contributed by atoms with van der Waals surface area (Å²) in [5.74, 6) is -1.81. The Morgan fingerprint density at radius 1 is 1.08 bits per heavy atom. The summed E-state index contributed by atoms with van der Waals surface area (Å²) in [6.45, 7) is 13.9. The molecule has 1 aliphatic rings. The van der Waals surface area contributed by atoms with Crippen molar-refractivity contribution in [2.24, 2.45) is 5.92 Å². The number of ether oxygens (including phenoxy) is 4. The van der Waals surface area contributed by atoms with Crippen molar-refractivity contribution in [2.75, 3.05) is 18.9 Å². The molecule has 6 atom stereocenters. The van der Waals surface area contributed by atoms with E-state index in [0.717, 1.165) is 5.56 Å². The van der Waals surface area contributed by atoms with Gasteiger partial charge in [-0.05, 0) is 48.1 Å². The van der Waals surface area contributed by atoms with Gasteiger partial charge in [-0.15, -0.1) is 0 Å². The molecule has 0 bridgehead atoms. The minimum absolute atomic E-state index is 0.0508. The molecule has 0 aliphatic carbocycles. The zero-order chi connectivity index (χ0) is 38.4. The molecule has 1 aromatic carbocycles. The minimum atomic E-state index is -4.49. The quantitative estimate of drug-likeness (QED) is 0.122. The van der Waals surface area contributed by atoms with Gasteiger partial charge < -0.3 is 29.2 Å². The van der Waals surface area contributed by atoms with Crippen molar-refractivity contribution in [1.82, 2.24) is 19.7 Å². The lowest BCUT2D eigenvalue weighted by molar-refractivity contribution is -0.169. The van der Waals surface area contributed by atoms with Crippen LogP contribution in [0.15, 0.2) is 42.7 Å². The van der Waals surface area contributed by atoms with Crippen LogP contribution in [0.5, 0.6) is 5.75 Å². The number of carbonyl (C=O) groups is 3. The SMILES string of the molecule is CCC(=O)O[C@H]1[C@@H](OC(=O)CC)[C@](C#N)(c2ccc3c(N)ncnn23)O[C@@H]1COP(=O)(N[C@@H](C)C(=O)OCC(C)C)Oc1ccc(C(C)(C)C)cc1. The van der Waals surface area contributed by atoms with Crippen LogP contribution in [0, 0.1) is 17.2 Å². The number of rotatable bonds is 15. The second kappa shape index (κ2) is 16.4. The number of carbonyl (C=O) groups excluding carboxylic acids is 3. The van der Waals surface area contributed by atoms with Crippen LogP contribution in [-0.4, -0.2) is 70.1 Å². The van der Waals surface area contributed by atoms with Crippen molar-refractivity contribution in [3.8, 4) is 11.8 Å². The molecule has 16 nitrogen and oxygen atoms in total. The molecule has 1 unspecified atom stereocenters. The molecule has 3 heterocycles. The van der Waals surface area contributed by atoms with Crippen molar-refractivity contribution in [3.05, 3.63) is 54.0 Å². The smallest absolute Gasteiger partial charge is 0.459 e. The Kier molecular flexibility index (Phi) is 12.7. The average molecular weight is 743 g/mol. The first kappa shape index (κ1) is 40.2. The summed E-state index contributed by atoms with van der Waals surface area (Å²) < 4.78 is 50.9. The van der Waals surface area contributed by atoms with Crippen molar-refractivity contribution in [3.63, 3.8) is 0 Å². The van der Waals surface area contributed by atoms with E-state index >= 15 is 0 Å². The maximum Gasteiger partial charge on any atom is 0.459 e. The van der Waals surface area contributed by atoms with Crippen LogP contribution in [0.25, 0.3) is 5.52 Å². The zero-order valence-electron chi connectivity index (χ0n) is 30.7. The van der Waals surface area contributed by atoms with E-state index in [1.165, 1.54) is 23.8 Å². The van der Waals surface area contributed by atoms with Gasteiger partial charge >= 0.3 is 25.7 Å². The minimum Gasteiger partial charge on any atom is -0.464 e. The second-order valence-electron chi connectivity index (χ2n) is 13.8. The molecule has 2 aromatic heterocycles. The fourth-order valence-corrected chi connectivity index (χ4v) is 6.85. The Morgan fingerprint density at radius 3 is 2.33 bits per heavy atom. The first-order chi connectivity index (χ1) is 24.5. The number of aromatic nitrogens is 3. The van der Waals surface area contributed by atoms with Crippen molar-refractivity contribution in [1.29, 1.82) is 5.26 Å². The summed E-state index contributed by atoms with van der Waals surface area (Å²) in [4.78, 5) is 42.5. The third-order valence-corrected chi connectivity index (χ3v) is 9.80. The maximum absolute atomic E-state index is 14.5. The van der Waals surface area contributed by atoms with E-state index in [2.05, 4.69) is 21.2 Å². The monoisotopic (exact) mass is 742 g/mol. The van der Waals surface area contributed by atoms with E-state index in [1.807, 2.05) is 46.8 Å². The van der Waals surface area contributed by atoms with E-state index in [1.54, 1.807) is 32.0 Å². The predicted octanol–water partition coefficient (Wildman–Crippen LogP) is 4.75. The molecule has 17 heteroatoms. The standard InChI is InChI=1S/C35H47N6O10P/c1-9-28(42)48-30-26(50-35(19-36,31(30)49-29(43)10-2)27-16-15-25-32(37)38-20-39-41(25)27)18-47-52(45,40-22(5)33(44)46-17-21(3)4)51-24-13-11-23(12-14-24)34(6,7)8/h11-16,20-22,26,30-31H,9-10,17-18H2,1-8H3,(H,40,45)(H2,37,38,39)/t22-,26+,30+,31+,35-,52?/m0/s1. The second-order valence-corrected chi connectivity index (χ2v) is 15.5. The van der Waals surface area contributed by atoms with Crippen molar-refractivity contribution >= 4 is 37.0 Å². The number of esters is 3. The Labute approximate surface area is 302 Å². The number of hydrogen-bond acceptors (Lipinski definition) is 14. The lowest BCUT2D eigenvalue weighted by Crippen LogP contribution is -2.46. The number of nitrogens with two attached hydrogens (primary N) is 1. The first-order valence-corrected chi connectivity index (χ1v) is 18.6. The van der Waals surface area contributed by atoms with Crippen LogP contribution in [0.4, 0.5) is 5.82 Å². The number of fused-ring (bicyclic) bond motifs is 1. The van der Waals surface area contributed by atoms with E-state index in [4.69, 9.17) is 33.7 Å². The molecule has 1 aliphatic heterocycles. The molecule has 4 rings (SSSR count). The normalized spacial score (nSPS) is 22.0. The van der Waals surface area contributed by atoms with Gasteiger partial charge in [-0.2, -0.15) is 15.4 Å². The molecule has 52 heavy (non-hydrogen) atoms. The maximum atomic E-state index is 14.5. The third-order valence-electron chi connectivity index (χ3n) is 8.15. The molecule has 0 saturated carbocycles. The Balaban J connectivity index is 1.75. The summed E-state index contributed by atoms with van der Waals surface area (Å²) in [6, 6.07) is 10.8. The van der Waals surface area contributed by atoms with Gasteiger partial charge in [0.2, 0.25) is 5.60 Å². The Hall–Kier alpha value is -4.55. The number of nitrogens with one attached hydrogen (secondary N) is 1. The van der Waals surface area contributed by atoms with E-state index in [-0.39, 0.29) is 48.0 Å². The lowest BCUT2D eigenvalue weighted by Gasteiger charge is -2.28. The van der Waals surface area contributed by atoms with E-state index in [9.17, 15) is 24.2 Å². The number of nitrogen functional groups attached to an aromatic ring is 1. The highest BCUT2D eigenvalue weighted by Gasteiger charge is 2.62. The van der Waals surface area contributed by atoms with Crippen LogP contribution in [0.1, 0.15) is 79.5 Å². The van der Waals surface area contributed by atoms with Crippen LogP contribution in [0.2, 0.25) is 0 Å². The fourth-order valence-electron chi connectivity index (χ4n) is 5.34. The summed E-state index contributed by atoms with van der Waals surface area (Å²) in [5.41, 5.74) is 5.14. The van der Waals surface area contributed by atoms with Gasteiger partial charge in [-0.3, -0.25) is 18.9 Å². The van der Waals surface area contributed by atoms with Gasteiger partial charge in [0.1, 0.15) is 35.8 Å². The largest absolute Gasteiger partial charge is 0.464 e. The topological polar surface area (TPSA) is 216 Å². The third kappa shape index (κ3) is 9.08. The van der Waals surface area contributed by atoms with E-state index < -0.39 is 62.2 Å². The molecule has 0 spiro atoms. The first-order valence-electron chi connectivity index (χ1n) is 17.0. The van der Waals surface area contributed by atoms with Crippen LogP contribution >= 0.6 is 7.75 Å². The fraction of sp³-hybridized carbons (Fsp3) is 0.543. The molecule has 0 amide bonds. The average Bonchev–Trinajstić information content (AvgIpc) is 3.66. The van der Waals surface area contributed by atoms with Gasteiger partial charge in [0.25, 0.3) is 0 Å². The molecule has 1 saturated heterocycles. The highest BCUT2D eigenvalue weighted by atomic mass is 31.2. The van der Waals surface area contributed by atoms with Crippen LogP contribution < -0.4 is 15.3 Å². The predicted molar refractivity (Wildman–Crippen MR) is 188 cm³/mol. The molecular weight excluding hydrogens is 695 g/mol. The van der Waals surface area contributed by atoms with Gasteiger partial charge in [-0.1, -0.05) is 60.6 Å². The number of nitriles is 1. The van der Waals surface area contributed by atoms with Gasteiger partial charge in [0.15, 0.2) is 18.0 Å². The highest BCUT2D eigenvalue weighted by Crippen LogP contribution is 2.49. The highest BCUT2D eigenvalue weighted by molar-refractivity contribution is 7.52. The van der Waals surface area contributed by atoms with Crippen LogP contribution in [0.3, 0.4) is 0 Å². The molecule has 0 radical (unpaired) electrons. The van der Waals surface area contributed by atoms with Crippen molar-refractivity contribution < 1.29 is 46.9 Å².